The van der Waals surface area contributed by atoms with Crippen molar-refractivity contribution >= 4 is 10.0 Å². The molecule has 5 heteroatoms. The molecule has 0 amide bonds. The summed E-state index contributed by atoms with van der Waals surface area (Å²) >= 11 is 0. The van der Waals surface area contributed by atoms with Gasteiger partial charge in [0.2, 0.25) is 10.0 Å². The Hall–Kier alpha value is -0.910. The van der Waals surface area contributed by atoms with E-state index >= 15 is 0 Å². The molecule has 110 valence electrons. The zero-order valence-electron chi connectivity index (χ0n) is 11.9. The lowest BCUT2D eigenvalue weighted by molar-refractivity contribution is 0.408. The molecule has 1 atom stereocenters. The maximum atomic E-state index is 12.5. The fourth-order valence-electron chi connectivity index (χ4n) is 2.73. The minimum Gasteiger partial charge on any atom is -0.310 e. The maximum Gasteiger partial charge on any atom is 0.243 e. The number of hydrogen-bond donors (Lipinski definition) is 1. The maximum absolute atomic E-state index is 12.5. The van der Waals surface area contributed by atoms with E-state index in [2.05, 4.69) is 5.32 Å². The van der Waals surface area contributed by atoms with E-state index < -0.39 is 10.0 Å². The van der Waals surface area contributed by atoms with Crippen LogP contribution in [0.4, 0.5) is 0 Å². The molecule has 1 aliphatic heterocycles. The molecule has 0 bridgehead atoms. The zero-order valence-corrected chi connectivity index (χ0v) is 12.7. The third-order valence-electron chi connectivity index (χ3n) is 4.19. The lowest BCUT2D eigenvalue weighted by Crippen LogP contribution is -2.33. The Balaban J connectivity index is 1.72. The highest BCUT2D eigenvalue weighted by molar-refractivity contribution is 7.89. The van der Waals surface area contributed by atoms with Crippen LogP contribution in [0.15, 0.2) is 29.2 Å². The van der Waals surface area contributed by atoms with Crippen molar-refractivity contribution in [3.05, 3.63) is 29.8 Å². The molecule has 1 saturated heterocycles. The van der Waals surface area contributed by atoms with Crippen LogP contribution in [0.25, 0.3) is 0 Å². The number of hydrogen-bond acceptors (Lipinski definition) is 3. The Morgan fingerprint density at radius 3 is 2.45 bits per heavy atom. The summed E-state index contributed by atoms with van der Waals surface area (Å²) in [4.78, 5) is 0.418. The van der Waals surface area contributed by atoms with E-state index in [-0.39, 0.29) is 6.04 Å². The van der Waals surface area contributed by atoms with Crippen molar-refractivity contribution in [2.45, 2.75) is 56.1 Å². The summed E-state index contributed by atoms with van der Waals surface area (Å²) in [6, 6.07) is 8.11. The molecule has 1 aliphatic carbocycles. The van der Waals surface area contributed by atoms with Gasteiger partial charge in [-0.25, -0.2) is 8.42 Å². The van der Waals surface area contributed by atoms with Gasteiger partial charge in [0.25, 0.3) is 0 Å². The normalized spacial score (nSPS) is 24.1. The van der Waals surface area contributed by atoms with Crippen LogP contribution < -0.4 is 5.32 Å². The molecular weight excluding hydrogens is 272 g/mol. The Morgan fingerprint density at radius 1 is 1.20 bits per heavy atom. The van der Waals surface area contributed by atoms with Crippen LogP contribution >= 0.6 is 0 Å². The van der Waals surface area contributed by atoms with Crippen LogP contribution in [0.3, 0.4) is 0 Å². The van der Waals surface area contributed by atoms with Crippen molar-refractivity contribution in [1.29, 1.82) is 0 Å². The summed E-state index contributed by atoms with van der Waals surface area (Å²) in [5.41, 5.74) is 1.14. The van der Waals surface area contributed by atoms with Gasteiger partial charge in [0.1, 0.15) is 0 Å². The third-order valence-corrected chi connectivity index (χ3v) is 6.22. The highest BCUT2D eigenvalue weighted by atomic mass is 32.2. The fourth-order valence-corrected chi connectivity index (χ4v) is 4.43. The standard InChI is InChI=1S/C15H22N2O2S/c1-12-3-2-10-17(12)20(18,19)15-8-4-13(5-9-15)11-16-14-6-7-14/h4-5,8-9,12,14,16H,2-3,6-7,10-11H2,1H3. The van der Waals surface area contributed by atoms with Gasteiger partial charge in [-0.15, -0.1) is 0 Å². The fraction of sp³-hybridized carbons (Fsp3) is 0.600. The minimum absolute atomic E-state index is 0.121. The van der Waals surface area contributed by atoms with Crippen molar-refractivity contribution in [1.82, 2.24) is 9.62 Å². The molecule has 1 heterocycles. The molecule has 1 N–H and O–H groups in total. The summed E-state index contributed by atoms with van der Waals surface area (Å²) in [5.74, 6) is 0. The van der Waals surface area contributed by atoms with Crippen molar-refractivity contribution in [3.8, 4) is 0 Å². The van der Waals surface area contributed by atoms with E-state index in [0.29, 0.717) is 17.5 Å². The van der Waals surface area contributed by atoms with Crippen LogP contribution in [0.5, 0.6) is 0 Å². The van der Waals surface area contributed by atoms with E-state index in [9.17, 15) is 8.42 Å². The predicted octanol–water partition coefficient (Wildman–Crippen LogP) is 2.11. The van der Waals surface area contributed by atoms with Gasteiger partial charge < -0.3 is 5.32 Å². The van der Waals surface area contributed by atoms with Gasteiger partial charge in [-0.2, -0.15) is 4.31 Å². The number of rotatable bonds is 5. The van der Waals surface area contributed by atoms with E-state index in [1.54, 1.807) is 16.4 Å². The second-order valence-corrected chi connectivity index (χ2v) is 7.80. The van der Waals surface area contributed by atoms with Crippen LogP contribution in [0.1, 0.15) is 38.2 Å². The first-order valence-electron chi connectivity index (χ1n) is 7.41. The highest BCUT2D eigenvalue weighted by Gasteiger charge is 2.32. The van der Waals surface area contributed by atoms with Crippen LogP contribution in [-0.2, 0) is 16.6 Å². The predicted molar refractivity (Wildman–Crippen MR) is 78.9 cm³/mol. The molecule has 2 aliphatic rings. The topological polar surface area (TPSA) is 49.4 Å². The zero-order chi connectivity index (χ0) is 14.2. The molecule has 3 rings (SSSR count). The number of sulfonamides is 1. The molecule has 1 unspecified atom stereocenters. The molecule has 0 aromatic heterocycles. The van der Waals surface area contributed by atoms with E-state index in [1.807, 2.05) is 19.1 Å². The summed E-state index contributed by atoms with van der Waals surface area (Å²) in [6.45, 7) is 3.46. The Kier molecular flexibility index (Phi) is 3.84. The quantitative estimate of drug-likeness (QED) is 0.905. The number of benzene rings is 1. The van der Waals surface area contributed by atoms with Crippen LogP contribution in [0, 0.1) is 0 Å². The third kappa shape index (κ3) is 2.90. The average molecular weight is 294 g/mol. The van der Waals surface area contributed by atoms with E-state index in [1.165, 1.54) is 12.8 Å². The van der Waals surface area contributed by atoms with Crippen molar-refractivity contribution in [2.75, 3.05) is 6.54 Å². The van der Waals surface area contributed by atoms with E-state index in [0.717, 1.165) is 24.9 Å². The first-order chi connectivity index (χ1) is 9.57. The Morgan fingerprint density at radius 2 is 1.90 bits per heavy atom. The minimum atomic E-state index is -3.31. The van der Waals surface area contributed by atoms with Gasteiger partial charge in [-0.05, 0) is 50.3 Å². The molecule has 20 heavy (non-hydrogen) atoms. The van der Waals surface area contributed by atoms with E-state index in [4.69, 9.17) is 0 Å². The highest BCUT2D eigenvalue weighted by Crippen LogP contribution is 2.26. The number of nitrogens with one attached hydrogen (secondary N) is 1. The van der Waals surface area contributed by atoms with Crippen molar-refractivity contribution in [3.63, 3.8) is 0 Å². The van der Waals surface area contributed by atoms with Crippen LogP contribution in [0.2, 0.25) is 0 Å². The molecule has 4 nitrogen and oxygen atoms in total. The van der Waals surface area contributed by atoms with Gasteiger partial charge >= 0.3 is 0 Å². The second kappa shape index (κ2) is 5.47. The smallest absolute Gasteiger partial charge is 0.243 e. The van der Waals surface area contributed by atoms with Crippen molar-refractivity contribution < 1.29 is 8.42 Å². The number of nitrogens with zero attached hydrogens (tertiary/aromatic N) is 1. The molecule has 1 aromatic rings. The van der Waals surface area contributed by atoms with Crippen LogP contribution in [-0.4, -0.2) is 31.4 Å². The lowest BCUT2D eigenvalue weighted by atomic mass is 10.2. The second-order valence-electron chi connectivity index (χ2n) is 5.91. The largest absolute Gasteiger partial charge is 0.310 e. The van der Waals surface area contributed by atoms with Gasteiger partial charge in [0, 0.05) is 25.2 Å². The average Bonchev–Trinajstić information content (AvgIpc) is 3.17. The molecule has 1 saturated carbocycles. The molecule has 2 fully saturated rings. The first-order valence-corrected chi connectivity index (χ1v) is 8.85. The van der Waals surface area contributed by atoms with Gasteiger partial charge in [0.05, 0.1) is 4.90 Å². The Bertz CT molecular complexity index is 564. The molecule has 0 radical (unpaired) electrons. The summed E-state index contributed by atoms with van der Waals surface area (Å²) in [6.07, 6.45) is 4.45. The lowest BCUT2D eigenvalue weighted by Gasteiger charge is -2.21. The van der Waals surface area contributed by atoms with Gasteiger partial charge in [-0.1, -0.05) is 12.1 Å². The van der Waals surface area contributed by atoms with Gasteiger partial charge in [0.15, 0.2) is 0 Å². The summed E-state index contributed by atoms with van der Waals surface area (Å²) < 4.78 is 26.7. The monoisotopic (exact) mass is 294 g/mol. The van der Waals surface area contributed by atoms with Crippen molar-refractivity contribution in [2.24, 2.45) is 0 Å². The Labute approximate surface area is 121 Å². The molecular formula is C15H22N2O2S. The SMILES string of the molecule is CC1CCCN1S(=O)(=O)c1ccc(CNC2CC2)cc1. The van der Waals surface area contributed by atoms with Gasteiger partial charge in [-0.3, -0.25) is 0 Å². The summed E-state index contributed by atoms with van der Waals surface area (Å²) in [5, 5.41) is 3.43. The first kappa shape index (κ1) is 14.0. The molecule has 0 spiro atoms. The molecule has 1 aromatic carbocycles. The summed E-state index contributed by atoms with van der Waals surface area (Å²) in [7, 11) is -3.31.